The number of benzene rings is 2. The largest absolute Gasteiger partial charge is 0.300 e. The lowest BCUT2D eigenvalue weighted by molar-refractivity contribution is 0.135. The number of nitrogens with one attached hydrogen (secondary N) is 1. The Kier molecular flexibility index (Phi) is 5.30. The van der Waals surface area contributed by atoms with E-state index in [9.17, 15) is 8.42 Å². The zero-order chi connectivity index (χ0) is 18.0. The lowest BCUT2D eigenvalue weighted by Gasteiger charge is -2.36. The standard InChI is InChI=1S/C21H28N2O2S/c24-26(25,21-10-9-18-5-1-2-6-19(18)15-21)22-16-17-11-13-23(14-12-17)20-7-3-4-8-20/h1-2,5-6,9-10,15,17,20,22H,3-4,7-8,11-14,16H2. The van der Waals surface area contributed by atoms with Crippen molar-refractivity contribution in [3.05, 3.63) is 42.5 Å². The normalized spacial score (nSPS) is 20.8. The van der Waals surface area contributed by atoms with Crippen molar-refractivity contribution in [3.8, 4) is 0 Å². The van der Waals surface area contributed by atoms with Gasteiger partial charge in [0, 0.05) is 12.6 Å². The molecule has 2 aromatic rings. The van der Waals surface area contributed by atoms with Crippen LogP contribution in [0.25, 0.3) is 10.8 Å². The predicted octanol–water partition coefficient (Wildman–Crippen LogP) is 3.77. The molecule has 0 spiro atoms. The number of nitrogens with zero attached hydrogens (tertiary/aromatic N) is 1. The Hall–Kier alpha value is -1.43. The first-order chi connectivity index (χ1) is 12.6. The van der Waals surface area contributed by atoms with Crippen LogP contribution in [-0.4, -0.2) is 39.0 Å². The van der Waals surface area contributed by atoms with Gasteiger partial charge in [-0.3, -0.25) is 0 Å². The van der Waals surface area contributed by atoms with Crippen LogP contribution in [0.5, 0.6) is 0 Å². The fourth-order valence-electron chi connectivity index (χ4n) is 4.44. The number of likely N-dealkylation sites (tertiary alicyclic amines) is 1. The Morgan fingerprint density at radius 3 is 2.35 bits per heavy atom. The van der Waals surface area contributed by atoms with Gasteiger partial charge in [-0.2, -0.15) is 0 Å². The summed E-state index contributed by atoms with van der Waals surface area (Å²) in [6, 6.07) is 14.0. The van der Waals surface area contributed by atoms with Gasteiger partial charge in [0.05, 0.1) is 4.90 Å². The van der Waals surface area contributed by atoms with Crippen molar-refractivity contribution >= 4 is 20.8 Å². The van der Waals surface area contributed by atoms with Gasteiger partial charge in [-0.1, -0.05) is 43.2 Å². The summed E-state index contributed by atoms with van der Waals surface area (Å²) in [5.41, 5.74) is 0. The molecule has 0 unspecified atom stereocenters. The molecule has 1 N–H and O–H groups in total. The predicted molar refractivity (Wildman–Crippen MR) is 106 cm³/mol. The second-order valence-electron chi connectivity index (χ2n) is 7.78. The van der Waals surface area contributed by atoms with Crippen LogP contribution in [0, 0.1) is 5.92 Å². The molecule has 2 aliphatic rings. The zero-order valence-corrected chi connectivity index (χ0v) is 16.0. The molecule has 1 saturated carbocycles. The van der Waals surface area contributed by atoms with Gasteiger partial charge in [0.15, 0.2) is 0 Å². The highest BCUT2D eigenvalue weighted by Crippen LogP contribution is 2.28. The van der Waals surface area contributed by atoms with E-state index in [0.717, 1.165) is 42.7 Å². The van der Waals surface area contributed by atoms with Gasteiger partial charge < -0.3 is 4.90 Å². The molecule has 1 aliphatic carbocycles. The highest BCUT2D eigenvalue weighted by atomic mass is 32.2. The molecule has 0 atom stereocenters. The zero-order valence-electron chi connectivity index (χ0n) is 15.2. The van der Waals surface area contributed by atoms with E-state index < -0.39 is 10.0 Å². The quantitative estimate of drug-likeness (QED) is 0.869. The smallest absolute Gasteiger partial charge is 0.240 e. The van der Waals surface area contributed by atoms with E-state index in [0.29, 0.717) is 17.4 Å². The molecular weight excluding hydrogens is 344 g/mol. The van der Waals surface area contributed by atoms with Gasteiger partial charge >= 0.3 is 0 Å². The third-order valence-electron chi connectivity index (χ3n) is 6.08. The minimum absolute atomic E-state index is 0.361. The van der Waals surface area contributed by atoms with Crippen molar-refractivity contribution in [2.24, 2.45) is 5.92 Å². The number of fused-ring (bicyclic) bond motifs is 1. The fourth-order valence-corrected chi connectivity index (χ4v) is 5.59. The Labute approximate surface area is 156 Å². The summed E-state index contributed by atoms with van der Waals surface area (Å²) in [4.78, 5) is 2.99. The summed E-state index contributed by atoms with van der Waals surface area (Å²) in [7, 11) is -3.44. The summed E-state index contributed by atoms with van der Waals surface area (Å²) >= 11 is 0. The first-order valence-electron chi connectivity index (χ1n) is 9.84. The maximum Gasteiger partial charge on any atom is 0.240 e. The van der Waals surface area contributed by atoms with E-state index in [1.165, 1.54) is 25.7 Å². The Bertz CT molecular complexity index is 851. The van der Waals surface area contributed by atoms with Crippen LogP contribution in [0.4, 0.5) is 0 Å². The summed E-state index contributed by atoms with van der Waals surface area (Å²) in [5, 5.41) is 2.02. The third kappa shape index (κ3) is 3.95. The molecule has 4 nitrogen and oxygen atoms in total. The Morgan fingerprint density at radius 2 is 1.62 bits per heavy atom. The van der Waals surface area contributed by atoms with E-state index in [1.54, 1.807) is 12.1 Å². The van der Waals surface area contributed by atoms with Crippen LogP contribution < -0.4 is 4.72 Å². The van der Waals surface area contributed by atoms with Crippen molar-refractivity contribution in [3.63, 3.8) is 0 Å². The molecule has 2 aromatic carbocycles. The van der Waals surface area contributed by atoms with Crippen molar-refractivity contribution in [2.45, 2.75) is 49.5 Å². The molecule has 0 radical (unpaired) electrons. The molecule has 4 rings (SSSR count). The van der Waals surface area contributed by atoms with E-state index in [1.807, 2.05) is 30.3 Å². The van der Waals surface area contributed by atoms with Gasteiger partial charge in [0.25, 0.3) is 0 Å². The third-order valence-corrected chi connectivity index (χ3v) is 7.50. The molecule has 0 aromatic heterocycles. The van der Waals surface area contributed by atoms with Crippen LogP contribution >= 0.6 is 0 Å². The Morgan fingerprint density at radius 1 is 0.923 bits per heavy atom. The van der Waals surface area contributed by atoms with Gasteiger partial charge in [-0.15, -0.1) is 0 Å². The van der Waals surface area contributed by atoms with E-state index >= 15 is 0 Å². The van der Waals surface area contributed by atoms with E-state index in [4.69, 9.17) is 0 Å². The molecule has 5 heteroatoms. The van der Waals surface area contributed by atoms with Crippen LogP contribution in [0.15, 0.2) is 47.4 Å². The van der Waals surface area contributed by atoms with Crippen molar-refractivity contribution in [1.29, 1.82) is 0 Å². The SMILES string of the molecule is O=S(=O)(NCC1CCN(C2CCCC2)CC1)c1ccc2ccccc2c1. The summed E-state index contributed by atoms with van der Waals surface area (Å²) < 4.78 is 28.2. The van der Waals surface area contributed by atoms with Crippen molar-refractivity contribution in [2.75, 3.05) is 19.6 Å². The van der Waals surface area contributed by atoms with Gasteiger partial charge in [-0.25, -0.2) is 13.1 Å². The fraction of sp³-hybridized carbons (Fsp3) is 0.524. The minimum atomic E-state index is -3.44. The Balaban J connectivity index is 1.34. The molecule has 0 amide bonds. The van der Waals surface area contributed by atoms with Crippen LogP contribution in [0.1, 0.15) is 38.5 Å². The first-order valence-corrected chi connectivity index (χ1v) is 11.3. The maximum atomic E-state index is 12.7. The minimum Gasteiger partial charge on any atom is -0.300 e. The van der Waals surface area contributed by atoms with E-state index in [-0.39, 0.29) is 0 Å². The number of rotatable bonds is 5. The van der Waals surface area contributed by atoms with E-state index in [2.05, 4.69) is 9.62 Å². The lowest BCUT2D eigenvalue weighted by atomic mass is 9.96. The summed E-state index contributed by atoms with van der Waals surface area (Å²) in [5.74, 6) is 0.447. The molecule has 1 heterocycles. The molecule has 2 fully saturated rings. The second-order valence-corrected chi connectivity index (χ2v) is 9.55. The number of hydrogen-bond donors (Lipinski definition) is 1. The average Bonchev–Trinajstić information content (AvgIpc) is 3.21. The summed E-state index contributed by atoms with van der Waals surface area (Å²) in [6.45, 7) is 2.79. The molecule has 0 bridgehead atoms. The van der Waals surface area contributed by atoms with Gasteiger partial charge in [-0.05, 0) is 67.6 Å². The summed E-state index contributed by atoms with van der Waals surface area (Å²) in [6.07, 6.45) is 7.62. The van der Waals surface area contributed by atoms with Crippen LogP contribution in [0.2, 0.25) is 0 Å². The molecule has 26 heavy (non-hydrogen) atoms. The molecule has 1 aliphatic heterocycles. The number of sulfonamides is 1. The molecule has 140 valence electrons. The topological polar surface area (TPSA) is 49.4 Å². The number of piperidine rings is 1. The average molecular weight is 373 g/mol. The first kappa shape index (κ1) is 18.0. The van der Waals surface area contributed by atoms with Crippen LogP contribution in [0.3, 0.4) is 0 Å². The van der Waals surface area contributed by atoms with Gasteiger partial charge in [0.1, 0.15) is 0 Å². The lowest BCUT2D eigenvalue weighted by Crippen LogP contribution is -2.42. The van der Waals surface area contributed by atoms with Crippen molar-refractivity contribution < 1.29 is 8.42 Å². The van der Waals surface area contributed by atoms with Crippen molar-refractivity contribution in [1.82, 2.24) is 9.62 Å². The highest BCUT2D eigenvalue weighted by Gasteiger charge is 2.27. The molecule has 1 saturated heterocycles. The van der Waals surface area contributed by atoms with Gasteiger partial charge in [0.2, 0.25) is 10.0 Å². The second kappa shape index (κ2) is 7.67. The maximum absolute atomic E-state index is 12.7. The highest BCUT2D eigenvalue weighted by molar-refractivity contribution is 7.89. The number of hydrogen-bond acceptors (Lipinski definition) is 3. The monoisotopic (exact) mass is 372 g/mol. The molecular formula is C21H28N2O2S. The van der Waals surface area contributed by atoms with Crippen LogP contribution in [-0.2, 0) is 10.0 Å².